The third kappa shape index (κ3) is 5.43. The molecule has 1 aliphatic heterocycles. The molecule has 0 aromatic heterocycles. The Bertz CT molecular complexity index is 1090. The number of quaternary nitrogens is 1. The third-order valence-electron chi connectivity index (χ3n) is 6.51. The van der Waals surface area contributed by atoms with E-state index < -0.39 is 23.5 Å². The van der Waals surface area contributed by atoms with Gasteiger partial charge in [0.25, 0.3) is 5.91 Å². The van der Waals surface area contributed by atoms with Crippen LogP contribution in [0.5, 0.6) is 17.2 Å². The van der Waals surface area contributed by atoms with Crippen LogP contribution >= 0.6 is 0 Å². The Kier molecular flexibility index (Phi) is 8.76. The van der Waals surface area contributed by atoms with Crippen LogP contribution in [0.4, 0.5) is 0 Å². The lowest BCUT2D eigenvalue weighted by atomic mass is 9.95. The molecule has 0 aliphatic carbocycles. The predicted molar refractivity (Wildman–Crippen MR) is 130 cm³/mol. The maximum Gasteiger partial charge on any atom is 0.295 e. The number of hydrogen-bond acceptors (Lipinski definition) is 6. The highest BCUT2D eigenvalue weighted by molar-refractivity contribution is 6.46. The van der Waals surface area contributed by atoms with Crippen LogP contribution in [0.25, 0.3) is 5.76 Å². The molecule has 1 heterocycles. The van der Waals surface area contributed by atoms with Crippen molar-refractivity contribution < 1.29 is 33.8 Å². The number of likely N-dealkylation sites (tertiary alicyclic amines) is 1. The normalized spacial score (nSPS) is 17.2. The molecule has 1 fully saturated rings. The quantitative estimate of drug-likeness (QED) is 0.295. The Hall–Kier alpha value is -3.52. The monoisotopic (exact) mass is 482 g/mol. The zero-order valence-electron chi connectivity index (χ0n) is 21.1. The third-order valence-corrected chi connectivity index (χ3v) is 6.51. The number of carbonyl (C=O) groups is 2. The number of rotatable bonds is 11. The van der Waals surface area contributed by atoms with Crippen LogP contribution < -0.4 is 24.2 Å². The second-order valence-corrected chi connectivity index (χ2v) is 8.38. The van der Waals surface area contributed by atoms with E-state index in [-0.39, 0.29) is 5.57 Å². The van der Waals surface area contributed by atoms with Gasteiger partial charge in [-0.3, -0.25) is 9.59 Å². The topological polar surface area (TPSA) is 92.6 Å². The first-order valence-corrected chi connectivity index (χ1v) is 11.9. The highest BCUT2D eigenvalue weighted by Gasteiger charge is 2.44. The van der Waals surface area contributed by atoms with Gasteiger partial charge in [-0.15, -0.1) is 0 Å². The summed E-state index contributed by atoms with van der Waals surface area (Å²) in [6.45, 7) is 7.43. The average molecular weight is 483 g/mol. The lowest BCUT2D eigenvalue weighted by Crippen LogP contribution is -3.11. The van der Waals surface area contributed by atoms with Gasteiger partial charge < -0.3 is 29.1 Å². The zero-order chi connectivity index (χ0) is 25.5. The number of ether oxygens (including phenoxy) is 3. The predicted octanol–water partition coefficient (Wildman–Crippen LogP) is 1.25. The van der Waals surface area contributed by atoms with E-state index in [0.717, 1.165) is 19.6 Å². The van der Waals surface area contributed by atoms with Crippen molar-refractivity contribution in [2.45, 2.75) is 26.3 Å². The number of carbonyl (C=O) groups excluding carboxylic acids is 2. The van der Waals surface area contributed by atoms with Crippen LogP contribution in [-0.4, -0.2) is 64.1 Å². The molecule has 2 aromatic rings. The van der Waals surface area contributed by atoms with Gasteiger partial charge in [0.2, 0.25) is 5.78 Å². The molecule has 1 unspecified atom stereocenters. The van der Waals surface area contributed by atoms with Gasteiger partial charge in [0.05, 0.1) is 47.0 Å². The molecule has 8 heteroatoms. The number of methoxy groups -OCH3 is 3. The van der Waals surface area contributed by atoms with Crippen molar-refractivity contribution in [3.8, 4) is 17.2 Å². The van der Waals surface area contributed by atoms with E-state index in [1.807, 2.05) is 0 Å². The minimum atomic E-state index is -0.819. The summed E-state index contributed by atoms with van der Waals surface area (Å²) in [5.74, 6) is -0.450. The van der Waals surface area contributed by atoms with Crippen molar-refractivity contribution in [1.29, 1.82) is 0 Å². The average Bonchev–Trinajstić information content (AvgIpc) is 3.15. The van der Waals surface area contributed by atoms with Crippen molar-refractivity contribution in [2.24, 2.45) is 0 Å². The molecule has 0 spiro atoms. The van der Waals surface area contributed by atoms with Crippen molar-refractivity contribution in [2.75, 3.05) is 47.5 Å². The molecule has 2 aromatic carbocycles. The number of Topliss-reactive ketones (excluding diaryl/α,β-unsaturated/α-hetero) is 1. The minimum Gasteiger partial charge on any atom is -0.872 e. The first-order valence-electron chi connectivity index (χ1n) is 11.9. The highest BCUT2D eigenvalue weighted by atomic mass is 16.5. The molecule has 1 amide bonds. The molecule has 8 nitrogen and oxygen atoms in total. The largest absolute Gasteiger partial charge is 0.872 e. The Morgan fingerprint density at radius 2 is 1.69 bits per heavy atom. The van der Waals surface area contributed by atoms with Crippen LogP contribution in [-0.2, 0) is 9.59 Å². The molecule has 1 N–H and O–H groups in total. The van der Waals surface area contributed by atoms with Crippen molar-refractivity contribution in [3.05, 3.63) is 59.2 Å². The Labute approximate surface area is 206 Å². The molecule has 3 rings (SSSR count). The summed E-state index contributed by atoms with van der Waals surface area (Å²) in [6.07, 6.45) is 0.709. The molecule has 0 saturated carbocycles. The second kappa shape index (κ2) is 11.8. The van der Waals surface area contributed by atoms with Crippen molar-refractivity contribution >= 4 is 17.4 Å². The summed E-state index contributed by atoms with van der Waals surface area (Å²) in [5, 5.41) is 13.6. The molecular weight excluding hydrogens is 448 g/mol. The molecule has 0 bridgehead atoms. The van der Waals surface area contributed by atoms with Crippen molar-refractivity contribution in [3.63, 3.8) is 0 Å². The molecule has 35 heavy (non-hydrogen) atoms. The SMILES string of the molecule is CC[NH+](CC)CCCN1C(=O)C(=O)/C(=C(/[O-])c2cccc(OC)c2)C1c1ccc(OC)c(OC)c1. The Morgan fingerprint density at radius 3 is 2.31 bits per heavy atom. The lowest BCUT2D eigenvalue weighted by molar-refractivity contribution is -0.896. The van der Waals surface area contributed by atoms with Gasteiger partial charge in [-0.1, -0.05) is 24.0 Å². The minimum absolute atomic E-state index is 0.0642. The maximum absolute atomic E-state index is 13.6. The Balaban J connectivity index is 2.10. The van der Waals surface area contributed by atoms with E-state index in [9.17, 15) is 14.7 Å². The number of amides is 1. The number of nitrogens with zero attached hydrogens (tertiary/aromatic N) is 1. The summed E-state index contributed by atoms with van der Waals surface area (Å²) < 4.78 is 16.0. The molecule has 0 radical (unpaired) electrons. The summed E-state index contributed by atoms with van der Waals surface area (Å²) >= 11 is 0. The number of ketones is 1. The van der Waals surface area contributed by atoms with Crippen LogP contribution in [0, 0.1) is 0 Å². The smallest absolute Gasteiger partial charge is 0.295 e. The van der Waals surface area contributed by atoms with E-state index in [1.54, 1.807) is 42.5 Å². The van der Waals surface area contributed by atoms with Gasteiger partial charge in [-0.05, 0) is 49.2 Å². The van der Waals surface area contributed by atoms with Crippen LogP contribution in [0.2, 0.25) is 0 Å². The molecule has 1 aliphatic rings. The standard InChI is InChI=1S/C27H34N2O6/c1-6-28(7-2)14-9-15-29-24(18-12-13-21(34-4)22(17-18)35-5)23(26(31)27(29)32)25(30)19-10-8-11-20(16-19)33-3/h8,10-13,16-17,24,30H,6-7,9,14-15H2,1-5H3/b25-23+. The zero-order valence-corrected chi connectivity index (χ0v) is 21.1. The molecule has 188 valence electrons. The summed E-state index contributed by atoms with van der Waals surface area (Å²) in [5.41, 5.74) is 0.842. The van der Waals surface area contributed by atoms with Gasteiger partial charge in [0.15, 0.2) is 11.5 Å². The first-order chi connectivity index (χ1) is 16.9. The second-order valence-electron chi connectivity index (χ2n) is 8.38. The van der Waals surface area contributed by atoms with Gasteiger partial charge in [0.1, 0.15) is 5.75 Å². The maximum atomic E-state index is 13.6. The van der Waals surface area contributed by atoms with Gasteiger partial charge in [-0.2, -0.15) is 0 Å². The Morgan fingerprint density at radius 1 is 0.971 bits per heavy atom. The van der Waals surface area contributed by atoms with E-state index in [2.05, 4.69) is 13.8 Å². The van der Waals surface area contributed by atoms with E-state index in [4.69, 9.17) is 14.2 Å². The molecular formula is C27H34N2O6. The van der Waals surface area contributed by atoms with Crippen molar-refractivity contribution in [1.82, 2.24) is 4.90 Å². The molecule has 1 saturated heterocycles. The molecule has 1 atom stereocenters. The number of benzene rings is 2. The van der Waals surface area contributed by atoms with Crippen LogP contribution in [0.3, 0.4) is 0 Å². The number of hydrogen-bond donors (Lipinski definition) is 1. The first kappa shape index (κ1) is 26.1. The summed E-state index contributed by atoms with van der Waals surface area (Å²) in [6, 6.07) is 11.0. The number of nitrogens with one attached hydrogen (secondary N) is 1. The van der Waals surface area contributed by atoms with Gasteiger partial charge in [0, 0.05) is 18.5 Å². The van der Waals surface area contributed by atoms with E-state index in [1.165, 1.54) is 31.1 Å². The van der Waals surface area contributed by atoms with E-state index in [0.29, 0.717) is 41.3 Å². The van der Waals surface area contributed by atoms with E-state index >= 15 is 0 Å². The van der Waals surface area contributed by atoms with Crippen LogP contribution in [0.15, 0.2) is 48.0 Å². The fraction of sp³-hybridized carbons (Fsp3) is 0.407. The summed E-state index contributed by atoms with van der Waals surface area (Å²) in [7, 11) is 4.56. The summed E-state index contributed by atoms with van der Waals surface area (Å²) in [4.78, 5) is 29.3. The lowest BCUT2D eigenvalue weighted by Gasteiger charge is -2.28. The fourth-order valence-corrected chi connectivity index (χ4v) is 4.49. The highest BCUT2D eigenvalue weighted by Crippen LogP contribution is 2.41. The van der Waals surface area contributed by atoms with Gasteiger partial charge >= 0.3 is 0 Å². The van der Waals surface area contributed by atoms with Crippen LogP contribution in [0.1, 0.15) is 37.4 Å². The van der Waals surface area contributed by atoms with Gasteiger partial charge in [-0.25, -0.2) is 0 Å². The fourth-order valence-electron chi connectivity index (χ4n) is 4.49.